The van der Waals surface area contributed by atoms with Gasteiger partial charge in [0.25, 0.3) is 0 Å². The Morgan fingerprint density at radius 1 is 1.62 bits per heavy atom. The van der Waals surface area contributed by atoms with Gasteiger partial charge < -0.3 is 10.0 Å². The summed E-state index contributed by atoms with van der Waals surface area (Å²) in [5, 5.41) is 9.19. The Morgan fingerprint density at radius 3 is 2.62 bits per heavy atom. The van der Waals surface area contributed by atoms with E-state index in [2.05, 4.69) is 0 Å². The first-order valence-corrected chi connectivity index (χ1v) is 2.68. The summed E-state index contributed by atoms with van der Waals surface area (Å²) in [4.78, 5) is 1.03. The van der Waals surface area contributed by atoms with E-state index in [1.165, 1.54) is 7.05 Å². The van der Waals surface area contributed by atoms with Crippen molar-refractivity contribution in [2.24, 2.45) is 0 Å². The van der Waals surface area contributed by atoms with Gasteiger partial charge in [-0.25, -0.2) is 0 Å². The summed E-state index contributed by atoms with van der Waals surface area (Å²) in [5.74, 6) is 0. The van der Waals surface area contributed by atoms with Gasteiger partial charge in [-0.1, -0.05) is 0 Å². The quantitative estimate of drug-likeness (QED) is 0.488. The minimum atomic E-state index is -1.75. The molecule has 1 aliphatic heterocycles. The lowest BCUT2D eigenvalue weighted by Gasteiger charge is -2.25. The van der Waals surface area contributed by atoms with Gasteiger partial charge in [-0.3, -0.25) is 0 Å². The third kappa shape index (κ3) is 1.46. The lowest BCUT2D eigenvalue weighted by atomic mass is 10.1. The number of hydrogen-bond donors (Lipinski definition) is 1. The predicted octanol–water partition coefficient (Wildman–Crippen LogP) is 0.0729. The number of aliphatic hydroxyl groups excluding tert-OH is 1. The van der Waals surface area contributed by atoms with Crippen LogP contribution in [-0.2, 0) is 0 Å². The summed E-state index contributed by atoms with van der Waals surface area (Å²) in [5.41, 5.74) is 0. The number of rotatable bonds is 0. The highest BCUT2D eigenvalue weighted by Crippen LogP contribution is 2.06. The van der Waals surface area contributed by atoms with E-state index < -0.39 is 19.1 Å². The highest BCUT2D eigenvalue weighted by Gasteiger charge is 2.12. The summed E-state index contributed by atoms with van der Waals surface area (Å²) >= 11 is 0. The van der Waals surface area contributed by atoms with Gasteiger partial charge in [0.1, 0.15) is 0 Å². The number of aliphatic hydroxyl groups is 1. The average molecular weight is 119 g/mol. The molecule has 0 bridgehead atoms. The maximum absolute atomic E-state index is 9.19. The van der Waals surface area contributed by atoms with Crippen LogP contribution in [0.5, 0.6) is 0 Å². The zero-order valence-electron chi connectivity index (χ0n) is 8.89. The normalized spacial score (nSPS) is 46.2. The van der Waals surface area contributed by atoms with E-state index in [1.807, 2.05) is 0 Å². The van der Waals surface area contributed by atoms with Crippen LogP contribution >= 0.6 is 0 Å². The average Bonchev–Trinajstić information content (AvgIpc) is 1.80. The SMILES string of the molecule is [2H]C1([2H])CC(O)CC([2H])([2H])N1C. The smallest absolute Gasteiger partial charge is 0.0564 e. The molecule has 0 amide bonds. The van der Waals surface area contributed by atoms with Gasteiger partial charge in [-0.15, -0.1) is 0 Å². The molecule has 2 nitrogen and oxygen atoms in total. The highest BCUT2D eigenvalue weighted by molar-refractivity contribution is 4.67. The minimum absolute atomic E-state index is 0.0248. The second-order valence-electron chi connectivity index (χ2n) is 1.94. The summed E-state index contributed by atoms with van der Waals surface area (Å²) < 4.78 is 29.6. The molecule has 0 aromatic heterocycles. The number of likely N-dealkylation sites (tertiary alicyclic amines) is 1. The van der Waals surface area contributed by atoms with Gasteiger partial charge in [0.2, 0.25) is 0 Å². The molecule has 1 N–H and O–H groups in total. The zero-order valence-corrected chi connectivity index (χ0v) is 4.89. The molecule has 1 aliphatic rings. The molecule has 0 saturated carbocycles. The fraction of sp³-hybridized carbons (Fsp3) is 1.00. The largest absolute Gasteiger partial charge is 0.393 e. The maximum atomic E-state index is 9.19. The molecule has 1 heterocycles. The molecular formula is C6H13NO. The lowest BCUT2D eigenvalue weighted by molar-refractivity contribution is 0.0943. The molecule has 0 atom stereocenters. The van der Waals surface area contributed by atoms with Crippen LogP contribution in [0.4, 0.5) is 0 Å². The van der Waals surface area contributed by atoms with Gasteiger partial charge in [0.05, 0.1) is 6.10 Å². The molecule has 0 unspecified atom stereocenters. The van der Waals surface area contributed by atoms with E-state index in [0.717, 1.165) is 4.90 Å². The molecule has 0 radical (unpaired) electrons. The van der Waals surface area contributed by atoms with Crippen molar-refractivity contribution >= 4 is 0 Å². The standard InChI is InChI=1S/C6H13NO/c1-7-4-2-6(8)3-5-7/h6,8H,2-5H2,1H3/i4D2,5D2. The summed E-state index contributed by atoms with van der Waals surface area (Å²) in [6.45, 7) is -3.50. The van der Waals surface area contributed by atoms with E-state index in [9.17, 15) is 5.11 Å². The van der Waals surface area contributed by atoms with Crippen molar-refractivity contribution in [2.75, 3.05) is 20.0 Å². The van der Waals surface area contributed by atoms with Crippen LogP contribution in [0.2, 0.25) is 0 Å². The third-order valence-corrected chi connectivity index (χ3v) is 1.13. The fourth-order valence-electron chi connectivity index (χ4n) is 0.613. The van der Waals surface area contributed by atoms with Gasteiger partial charge in [-0.05, 0) is 19.9 Å². The van der Waals surface area contributed by atoms with Crippen LogP contribution in [0.3, 0.4) is 0 Å². The zero-order chi connectivity index (χ0) is 9.57. The Hall–Kier alpha value is -0.0800. The second-order valence-corrected chi connectivity index (χ2v) is 1.94. The van der Waals surface area contributed by atoms with Crippen molar-refractivity contribution in [3.63, 3.8) is 0 Å². The van der Waals surface area contributed by atoms with Crippen molar-refractivity contribution in [3.8, 4) is 0 Å². The minimum Gasteiger partial charge on any atom is -0.393 e. The first-order chi connectivity index (χ1) is 5.26. The Morgan fingerprint density at radius 2 is 2.12 bits per heavy atom. The topological polar surface area (TPSA) is 23.5 Å². The summed E-state index contributed by atoms with van der Waals surface area (Å²) in [6.07, 6.45) is -0.933. The Bertz CT molecular complexity index is 166. The van der Waals surface area contributed by atoms with Crippen molar-refractivity contribution in [1.29, 1.82) is 0 Å². The number of piperidine rings is 1. The molecule has 0 aliphatic carbocycles. The maximum Gasteiger partial charge on any atom is 0.0564 e. The Kier molecular flexibility index (Phi) is 0.822. The first-order valence-electron chi connectivity index (χ1n) is 4.68. The molecule has 1 saturated heterocycles. The molecule has 1 fully saturated rings. The van der Waals surface area contributed by atoms with E-state index in [4.69, 9.17) is 5.48 Å². The molecule has 48 valence electrons. The first kappa shape index (κ1) is 2.67. The van der Waals surface area contributed by atoms with Gasteiger partial charge in [-0.2, -0.15) is 0 Å². The van der Waals surface area contributed by atoms with Crippen LogP contribution in [0.1, 0.15) is 18.3 Å². The van der Waals surface area contributed by atoms with E-state index in [0.29, 0.717) is 0 Å². The predicted molar refractivity (Wildman–Crippen MR) is 32.7 cm³/mol. The van der Waals surface area contributed by atoms with Crippen LogP contribution in [0.15, 0.2) is 0 Å². The van der Waals surface area contributed by atoms with Crippen LogP contribution in [0, 0.1) is 0 Å². The fourth-order valence-corrected chi connectivity index (χ4v) is 0.613. The van der Waals surface area contributed by atoms with E-state index in [-0.39, 0.29) is 12.8 Å². The van der Waals surface area contributed by atoms with Crippen LogP contribution < -0.4 is 0 Å². The molecule has 0 spiro atoms. The Labute approximate surface area is 55.7 Å². The second kappa shape index (κ2) is 2.46. The lowest BCUT2D eigenvalue weighted by Crippen LogP contribution is -2.32. The van der Waals surface area contributed by atoms with Crippen LogP contribution in [-0.4, -0.2) is 36.2 Å². The van der Waals surface area contributed by atoms with Crippen molar-refractivity contribution < 1.29 is 10.6 Å². The summed E-state index contributed by atoms with van der Waals surface area (Å²) in [7, 11) is 1.39. The summed E-state index contributed by atoms with van der Waals surface area (Å²) in [6, 6.07) is 0. The van der Waals surface area contributed by atoms with Crippen molar-refractivity contribution in [1.82, 2.24) is 4.90 Å². The molecule has 1 rings (SSSR count). The van der Waals surface area contributed by atoms with Crippen LogP contribution in [0.25, 0.3) is 0 Å². The molecular weight excluding hydrogens is 102 g/mol. The van der Waals surface area contributed by atoms with Gasteiger partial charge >= 0.3 is 0 Å². The number of hydrogen-bond acceptors (Lipinski definition) is 2. The molecule has 8 heavy (non-hydrogen) atoms. The highest BCUT2D eigenvalue weighted by atomic mass is 16.3. The van der Waals surface area contributed by atoms with Gasteiger partial charge in [0, 0.05) is 18.5 Å². The van der Waals surface area contributed by atoms with Crippen molar-refractivity contribution in [3.05, 3.63) is 0 Å². The van der Waals surface area contributed by atoms with E-state index >= 15 is 0 Å². The monoisotopic (exact) mass is 119 g/mol. The third-order valence-electron chi connectivity index (χ3n) is 1.13. The van der Waals surface area contributed by atoms with Crippen molar-refractivity contribution in [2.45, 2.75) is 18.9 Å². The van der Waals surface area contributed by atoms with E-state index in [1.54, 1.807) is 0 Å². The molecule has 0 aromatic carbocycles. The molecule has 0 aromatic rings. The molecule has 2 heteroatoms. The number of nitrogens with zero attached hydrogens (tertiary/aromatic N) is 1. The Balaban J connectivity index is 2.84. The van der Waals surface area contributed by atoms with Gasteiger partial charge in [0.15, 0.2) is 0 Å².